The van der Waals surface area contributed by atoms with E-state index in [2.05, 4.69) is 25.9 Å². The molecule has 94 valence electrons. The molecule has 18 heavy (non-hydrogen) atoms. The molecule has 0 amide bonds. The van der Waals surface area contributed by atoms with Crippen molar-refractivity contribution in [2.75, 3.05) is 11.4 Å². The monoisotopic (exact) mass is 327 g/mol. The first-order chi connectivity index (χ1) is 8.51. The van der Waals surface area contributed by atoms with Crippen molar-refractivity contribution in [3.05, 3.63) is 47.3 Å². The Balaban J connectivity index is 2.43. The fourth-order valence-corrected chi connectivity index (χ4v) is 2.81. The third kappa shape index (κ3) is 2.51. The molecule has 0 aromatic carbocycles. The Hall–Kier alpha value is -1.47. The van der Waals surface area contributed by atoms with E-state index in [1.807, 2.05) is 0 Å². The summed E-state index contributed by atoms with van der Waals surface area (Å²) in [6.07, 6.45) is 4.42. The van der Waals surface area contributed by atoms with Gasteiger partial charge in [0.15, 0.2) is 0 Å². The quantitative estimate of drug-likeness (QED) is 0.865. The molecule has 7 heteroatoms. The zero-order valence-electron chi connectivity index (χ0n) is 9.49. The largest absolute Gasteiger partial charge is 0.265 e. The highest BCUT2D eigenvalue weighted by Gasteiger charge is 2.21. The van der Waals surface area contributed by atoms with Crippen molar-refractivity contribution in [3.63, 3.8) is 0 Å². The number of aromatic nitrogens is 2. The summed E-state index contributed by atoms with van der Waals surface area (Å²) in [5, 5.41) is 0. The number of rotatable bonds is 3. The Labute approximate surface area is 114 Å². The van der Waals surface area contributed by atoms with Gasteiger partial charge >= 0.3 is 0 Å². The van der Waals surface area contributed by atoms with E-state index in [9.17, 15) is 8.42 Å². The van der Waals surface area contributed by atoms with Crippen molar-refractivity contribution >= 4 is 31.8 Å². The van der Waals surface area contributed by atoms with Crippen molar-refractivity contribution in [2.24, 2.45) is 0 Å². The molecule has 0 N–H and O–H groups in total. The molecule has 2 aromatic heterocycles. The Kier molecular flexibility index (Phi) is 3.63. The number of hydrogen-bond acceptors (Lipinski definition) is 4. The van der Waals surface area contributed by atoms with Crippen LogP contribution in [0.3, 0.4) is 0 Å². The van der Waals surface area contributed by atoms with Crippen LogP contribution in [0.4, 0.5) is 5.82 Å². The van der Waals surface area contributed by atoms with Gasteiger partial charge in [-0.15, -0.1) is 0 Å². The van der Waals surface area contributed by atoms with Crippen molar-refractivity contribution in [1.82, 2.24) is 9.97 Å². The maximum Gasteiger partial charge on any atom is 0.265 e. The number of halogens is 1. The molecule has 0 aliphatic rings. The molecule has 2 aromatic rings. The molecule has 2 heterocycles. The van der Waals surface area contributed by atoms with Crippen molar-refractivity contribution in [2.45, 2.75) is 4.90 Å². The van der Waals surface area contributed by atoms with E-state index >= 15 is 0 Å². The topological polar surface area (TPSA) is 63.2 Å². The van der Waals surface area contributed by atoms with Crippen molar-refractivity contribution in [1.29, 1.82) is 0 Å². The van der Waals surface area contributed by atoms with Gasteiger partial charge in [0.05, 0.1) is 4.90 Å². The van der Waals surface area contributed by atoms with Gasteiger partial charge in [-0.05, 0) is 24.3 Å². The van der Waals surface area contributed by atoms with E-state index in [0.717, 1.165) is 8.78 Å². The normalized spacial score (nSPS) is 11.2. The van der Waals surface area contributed by atoms with Gasteiger partial charge in [0.25, 0.3) is 10.0 Å². The predicted molar refractivity (Wildman–Crippen MR) is 71.8 cm³/mol. The number of hydrogen-bond donors (Lipinski definition) is 0. The molecule has 0 atom stereocenters. The fraction of sp³-hybridized carbons (Fsp3) is 0.0909. The Morgan fingerprint density at radius 2 is 1.83 bits per heavy atom. The van der Waals surface area contributed by atoms with Gasteiger partial charge in [-0.25, -0.2) is 13.4 Å². The summed E-state index contributed by atoms with van der Waals surface area (Å²) in [5.41, 5.74) is 0. The molecule has 0 fully saturated rings. The first kappa shape index (κ1) is 13.0. The van der Waals surface area contributed by atoms with E-state index in [-0.39, 0.29) is 4.90 Å². The van der Waals surface area contributed by atoms with Crippen LogP contribution in [0.2, 0.25) is 0 Å². The smallest absolute Gasteiger partial charge is 0.265 e. The van der Waals surface area contributed by atoms with E-state index in [4.69, 9.17) is 0 Å². The summed E-state index contributed by atoms with van der Waals surface area (Å²) >= 11 is 3.28. The minimum absolute atomic E-state index is 0.182. The molecule has 0 unspecified atom stereocenters. The Morgan fingerprint density at radius 3 is 2.44 bits per heavy atom. The summed E-state index contributed by atoms with van der Waals surface area (Å²) in [6, 6.07) is 6.27. The molecule has 0 bridgehead atoms. The van der Waals surface area contributed by atoms with E-state index in [1.165, 1.54) is 37.8 Å². The van der Waals surface area contributed by atoms with Gasteiger partial charge < -0.3 is 0 Å². The molecule has 5 nitrogen and oxygen atoms in total. The number of pyridine rings is 2. The van der Waals surface area contributed by atoms with Gasteiger partial charge in [-0.3, -0.25) is 9.29 Å². The number of anilines is 1. The summed E-state index contributed by atoms with van der Waals surface area (Å²) in [7, 11) is -2.14. The number of sulfonamides is 1. The first-order valence-corrected chi connectivity index (χ1v) is 7.25. The van der Waals surface area contributed by atoms with Crippen LogP contribution in [0.15, 0.2) is 52.2 Å². The first-order valence-electron chi connectivity index (χ1n) is 5.02. The third-order valence-corrected chi connectivity index (χ3v) is 4.61. The van der Waals surface area contributed by atoms with Gasteiger partial charge in [0, 0.05) is 30.1 Å². The average Bonchev–Trinajstić information content (AvgIpc) is 2.39. The van der Waals surface area contributed by atoms with Gasteiger partial charge in [0.2, 0.25) is 0 Å². The van der Waals surface area contributed by atoms with Crippen LogP contribution in [0.5, 0.6) is 0 Å². The van der Waals surface area contributed by atoms with Crippen LogP contribution in [-0.2, 0) is 10.0 Å². The molecule has 0 saturated heterocycles. The highest BCUT2D eigenvalue weighted by molar-refractivity contribution is 9.10. The number of nitrogens with zero attached hydrogens (tertiary/aromatic N) is 3. The SMILES string of the molecule is CN(c1cc(Br)ccn1)S(=O)(=O)c1ccncc1. The minimum atomic E-state index is -3.60. The summed E-state index contributed by atoms with van der Waals surface area (Å²) < 4.78 is 26.5. The van der Waals surface area contributed by atoms with Crippen molar-refractivity contribution in [3.8, 4) is 0 Å². The van der Waals surface area contributed by atoms with Crippen LogP contribution in [-0.4, -0.2) is 25.4 Å². The maximum absolute atomic E-state index is 12.3. The fourth-order valence-electron chi connectivity index (χ4n) is 1.36. The Bertz CT molecular complexity index is 646. The molecular weight excluding hydrogens is 318 g/mol. The second kappa shape index (κ2) is 5.03. The summed E-state index contributed by atoms with van der Waals surface area (Å²) in [5.74, 6) is 0.348. The average molecular weight is 328 g/mol. The minimum Gasteiger partial charge on any atom is -0.265 e. The van der Waals surface area contributed by atoms with Gasteiger partial charge in [-0.2, -0.15) is 0 Å². The van der Waals surface area contributed by atoms with Gasteiger partial charge in [-0.1, -0.05) is 15.9 Å². The van der Waals surface area contributed by atoms with Crippen LogP contribution in [0.1, 0.15) is 0 Å². The molecule has 2 rings (SSSR count). The standard InChI is InChI=1S/C11H10BrN3O2S/c1-15(11-8-9(12)2-7-14-11)18(16,17)10-3-5-13-6-4-10/h2-8H,1H3. The van der Waals surface area contributed by atoms with Gasteiger partial charge in [0.1, 0.15) is 5.82 Å². The molecule has 0 aliphatic heterocycles. The van der Waals surface area contributed by atoms with Crippen LogP contribution in [0, 0.1) is 0 Å². The molecule has 0 radical (unpaired) electrons. The van der Waals surface area contributed by atoms with Crippen LogP contribution in [0.25, 0.3) is 0 Å². The van der Waals surface area contributed by atoms with Crippen molar-refractivity contribution < 1.29 is 8.42 Å². The maximum atomic E-state index is 12.3. The second-order valence-electron chi connectivity index (χ2n) is 3.49. The third-order valence-electron chi connectivity index (χ3n) is 2.34. The lowest BCUT2D eigenvalue weighted by atomic mass is 10.5. The van der Waals surface area contributed by atoms with E-state index in [0.29, 0.717) is 5.82 Å². The van der Waals surface area contributed by atoms with E-state index in [1.54, 1.807) is 12.1 Å². The zero-order chi connectivity index (χ0) is 13.2. The molecule has 0 saturated carbocycles. The highest BCUT2D eigenvalue weighted by atomic mass is 79.9. The van der Waals surface area contributed by atoms with Crippen LogP contribution < -0.4 is 4.31 Å². The summed E-state index contributed by atoms with van der Waals surface area (Å²) in [6.45, 7) is 0. The lowest BCUT2D eigenvalue weighted by Gasteiger charge is -2.18. The predicted octanol–water partition coefficient (Wildman–Crippen LogP) is 2.06. The second-order valence-corrected chi connectivity index (χ2v) is 6.37. The lowest BCUT2D eigenvalue weighted by Crippen LogP contribution is -2.27. The molecule has 0 aliphatic carbocycles. The van der Waals surface area contributed by atoms with Crippen LogP contribution >= 0.6 is 15.9 Å². The zero-order valence-corrected chi connectivity index (χ0v) is 11.9. The van der Waals surface area contributed by atoms with E-state index < -0.39 is 10.0 Å². The molecule has 0 spiro atoms. The highest BCUT2D eigenvalue weighted by Crippen LogP contribution is 2.21. The molecular formula is C11H10BrN3O2S. The lowest BCUT2D eigenvalue weighted by molar-refractivity contribution is 0.594. The summed E-state index contributed by atoms with van der Waals surface area (Å²) in [4.78, 5) is 8.01. The Morgan fingerprint density at radius 1 is 1.17 bits per heavy atom.